The Kier molecular flexibility index (Phi) is 6.02. The molecule has 0 spiro atoms. The van der Waals surface area contributed by atoms with Crippen molar-refractivity contribution in [3.63, 3.8) is 0 Å². The second-order valence-corrected chi connectivity index (χ2v) is 9.90. The molecule has 0 fully saturated rings. The third kappa shape index (κ3) is 3.96. The molecule has 1 N–H and O–H groups in total. The number of fused-ring (bicyclic) bond motifs is 2. The van der Waals surface area contributed by atoms with Gasteiger partial charge in [-0.2, -0.15) is 5.26 Å². The molecule has 0 aromatic carbocycles. The summed E-state index contributed by atoms with van der Waals surface area (Å²) in [5, 5.41) is 22.5. The van der Waals surface area contributed by atoms with Gasteiger partial charge in [0, 0.05) is 17.8 Å². The van der Waals surface area contributed by atoms with Gasteiger partial charge in [-0.05, 0) is 51.0 Å². The molecule has 1 amide bonds. The number of aromatic nitrogens is 3. The van der Waals surface area contributed by atoms with Gasteiger partial charge < -0.3 is 9.88 Å². The van der Waals surface area contributed by atoms with Gasteiger partial charge in [-0.3, -0.25) is 4.79 Å². The molecule has 2 aliphatic rings. The monoisotopic (exact) mass is 415 g/mol. The van der Waals surface area contributed by atoms with Crippen LogP contribution in [0.1, 0.15) is 67.3 Å². The quantitative estimate of drug-likeness (QED) is 0.594. The number of nitriles is 1. The summed E-state index contributed by atoms with van der Waals surface area (Å²) in [6.07, 6.45) is 9.91. The van der Waals surface area contributed by atoms with Crippen molar-refractivity contribution in [2.75, 3.05) is 5.32 Å². The maximum atomic E-state index is 12.8. The van der Waals surface area contributed by atoms with Crippen LogP contribution in [0.2, 0.25) is 0 Å². The molecule has 2 aromatic heterocycles. The Morgan fingerprint density at radius 3 is 2.82 bits per heavy atom. The zero-order valence-electron chi connectivity index (χ0n) is 16.2. The van der Waals surface area contributed by atoms with Crippen LogP contribution in [0.4, 0.5) is 5.00 Å². The Morgan fingerprint density at radius 1 is 1.18 bits per heavy atom. The summed E-state index contributed by atoms with van der Waals surface area (Å²) in [5.74, 6) is 0.949. The molecule has 0 bridgehead atoms. The van der Waals surface area contributed by atoms with Crippen LogP contribution in [0, 0.1) is 11.3 Å². The predicted molar refractivity (Wildman–Crippen MR) is 112 cm³/mol. The first kappa shape index (κ1) is 19.5. The fourth-order valence-corrected chi connectivity index (χ4v) is 6.06. The molecular formula is C20H25N5OS2. The van der Waals surface area contributed by atoms with Crippen molar-refractivity contribution < 1.29 is 4.79 Å². The van der Waals surface area contributed by atoms with E-state index in [4.69, 9.17) is 0 Å². The lowest BCUT2D eigenvalue weighted by Gasteiger charge is -2.12. The highest BCUT2D eigenvalue weighted by atomic mass is 32.2. The average molecular weight is 416 g/mol. The number of carbonyl (C=O) groups excluding carboxylic acids is 1. The van der Waals surface area contributed by atoms with Crippen LogP contribution in [-0.4, -0.2) is 25.9 Å². The number of thioether (sulfide) groups is 1. The molecule has 0 saturated carbocycles. The van der Waals surface area contributed by atoms with Crippen molar-refractivity contribution in [3.8, 4) is 6.07 Å². The van der Waals surface area contributed by atoms with Crippen molar-refractivity contribution in [2.24, 2.45) is 0 Å². The first-order chi connectivity index (χ1) is 13.7. The SMILES string of the molecule is C[C@H](Sc1nnc2n1CCCCC2)C(=O)Nc1sc2c(c1C#N)CCCCC2. The summed E-state index contributed by atoms with van der Waals surface area (Å²) in [4.78, 5) is 14.1. The molecule has 0 radical (unpaired) electrons. The van der Waals surface area contributed by atoms with E-state index in [9.17, 15) is 10.1 Å². The van der Waals surface area contributed by atoms with E-state index in [0.29, 0.717) is 10.6 Å². The average Bonchev–Trinajstić information content (AvgIpc) is 3.00. The lowest BCUT2D eigenvalue weighted by molar-refractivity contribution is -0.115. The van der Waals surface area contributed by atoms with E-state index in [1.807, 2.05) is 6.92 Å². The third-order valence-electron chi connectivity index (χ3n) is 5.50. The molecule has 2 aromatic rings. The second-order valence-electron chi connectivity index (χ2n) is 7.49. The van der Waals surface area contributed by atoms with E-state index in [0.717, 1.165) is 68.0 Å². The fourth-order valence-electron chi connectivity index (χ4n) is 3.92. The van der Waals surface area contributed by atoms with Gasteiger partial charge in [-0.15, -0.1) is 21.5 Å². The van der Waals surface area contributed by atoms with Gasteiger partial charge in [0.25, 0.3) is 0 Å². The van der Waals surface area contributed by atoms with E-state index in [1.54, 1.807) is 11.3 Å². The number of anilines is 1. The van der Waals surface area contributed by atoms with Gasteiger partial charge in [-0.1, -0.05) is 24.6 Å². The first-order valence-corrected chi connectivity index (χ1v) is 11.8. The zero-order chi connectivity index (χ0) is 19.5. The van der Waals surface area contributed by atoms with E-state index >= 15 is 0 Å². The molecule has 3 heterocycles. The van der Waals surface area contributed by atoms with Crippen LogP contribution >= 0.6 is 23.1 Å². The molecule has 8 heteroatoms. The number of carbonyl (C=O) groups is 1. The van der Waals surface area contributed by atoms with Crippen LogP contribution in [0.3, 0.4) is 0 Å². The normalized spacial score (nSPS) is 17.6. The lowest BCUT2D eigenvalue weighted by Crippen LogP contribution is -2.23. The highest BCUT2D eigenvalue weighted by Gasteiger charge is 2.25. The van der Waals surface area contributed by atoms with Crippen LogP contribution in [0.15, 0.2) is 5.16 Å². The molecule has 148 valence electrons. The van der Waals surface area contributed by atoms with Gasteiger partial charge in [0.05, 0.1) is 10.8 Å². The largest absolute Gasteiger partial charge is 0.316 e. The minimum absolute atomic E-state index is 0.0797. The smallest absolute Gasteiger partial charge is 0.238 e. The number of nitrogens with one attached hydrogen (secondary N) is 1. The Labute approximate surface area is 173 Å². The number of thiophene rings is 1. The number of hydrogen-bond acceptors (Lipinski definition) is 6. The van der Waals surface area contributed by atoms with Gasteiger partial charge >= 0.3 is 0 Å². The van der Waals surface area contributed by atoms with Crippen molar-refractivity contribution in [3.05, 3.63) is 21.8 Å². The Balaban J connectivity index is 1.47. The molecule has 6 nitrogen and oxygen atoms in total. The Hall–Kier alpha value is -1.85. The topological polar surface area (TPSA) is 83.6 Å². The van der Waals surface area contributed by atoms with Crippen LogP contribution in [0.5, 0.6) is 0 Å². The minimum Gasteiger partial charge on any atom is -0.316 e. The van der Waals surface area contributed by atoms with E-state index in [1.165, 1.54) is 29.5 Å². The third-order valence-corrected chi connectivity index (χ3v) is 7.78. The maximum Gasteiger partial charge on any atom is 0.238 e. The summed E-state index contributed by atoms with van der Waals surface area (Å²) >= 11 is 3.03. The van der Waals surface area contributed by atoms with Crippen molar-refractivity contribution >= 4 is 34.0 Å². The summed E-state index contributed by atoms with van der Waals surface area (Å²) in [6, 6.07) is 2.33. The van der Waals surface area contributed by atoms with Gasteiger partial charge in [0.2, 0.25) is 5.91 Å². The lowest BCUT2D eigenvalue weighted by atomic mass is 10.1. The highest BCUT2D eigenvalue weighted by Crippen LogP contribution is 2.37. The Bertz CT molecular complexity index is 911. The maximum absolute atomic E-state index is 12.8. The fraction of sp³-hybridized carbons (Fsp3) is 0.600. The van der Waals surface area contributed by atoms with Crippen LogP contribution in [-0.2, 0) is 30.6 Å². The standard InChI is InChI=1S/C20H25N5OS2/c1-13(27-20-24-23-17-10-6-3-7-11-25(17)20)18(26)22-19-15(12-21)14-8-4-2-5-9-16(14)28-19/h13H,2-11H2,1H3,(H,22,26)/t13-/m0/s1. The minimum atomic E-state index is -0.301. The number of aryl methyl sites for hydroxylation is 2. The number of nitrogens with zero attached hydrogens (tertiary/aromatic N) is 4. The van der Waals surface area contributed by atoms with Crippen molar-refractivity contribution in [2.45, 2.75) is 81.7 Å². The molecule has 28 heavy (non-hydrogen) atoms. The number of amides is 1. The summed E-state index contributed by atoms with van der Waals surface area (Å²) in [5.41, 5.74) is 1.83. The summed E-state index contributed by atoms with van der Waals surface area (Å²) in [6.45, 7) is 2.82. The summed E-state index contributed by atoms with van der Waals surface area (Å²) in [7, 11) is 0. The van der Waals surface area contributed by atoms with Crippen LogP contribution in [0.25, 0.3) is 0 Å². The second kappa shape index (κ2) is 8.66. The van der Waals surface area contributed by atoms with Gasteiger partial charge in [0.15, 0.2) is 5.16 Å². The zero-order valence-corrected chi connectivity index (χ0v) is 17.8. The van der Waals surface area contributed by atoms with E-state index in [2.05, 4.69) is 26.2 Å². The van der Waals surface area contributed by atoms with Crippen LogP contribution < -0.4 is 5.32 Å². The molecule has 1 aliphatic carbocycles. The van der Waals surface area contributed by atoms with Gasteiger partial charge in [0.1, 0.15) is 16.9 Å². The molecule has 1 atom stereocenters. The van der Waals surface area contributed by atoms with Gasteiger partial charge in [-0.25, -0.2) is 0 Å². The Morgan fingerprint density at radius 2 is 1.96 bits per heavy atom. The number of hydrogen-bond donors (Lipinski definition) is 1. The van der Waals surface area contributed by atoms with Crippen molar-refractivity contribution in [1.82, 2.24) is 14.8 Å². The molecule has 0 saturated heterocycles. The molecule has 1 aliphatic heterocycles. The van der Waals surface area contributed by atoms with E-state index < -0.39 is 0 Å². The molecular weight excluding hydrogens is 390 g/mol. The molecule has 0 unspecified atom stereocenters. The van der Waals surface area contributed by atoms with E-state index in [-0.39, 0.29) is 11.2 Å². The predicted octanol–water partition coefficient (Wildman–Crippen LogP) is 4.33. The summed E-state index contributed by atoms with van der Waals surface area (Å²) < 4.78 is 2.16. The number of rotatable bonds is 4. The first-order valence-electron chi connectivity index (χ1n) is 10.1. The van der Waals surface area contributed by atoms with Crippen molar-refractivity contribution in [1.29, 1.82) is 5.26 Å². The molecule has 4 rings (SSSR count). The highest BCUT2D eigenvalue weighted by molar-refractivity contribution is 8.00.